The molecule has 0 unspecified atom stereocenters. The first-order valence-corrected chi connectivity index (χ1v) is 5.17. The summed E-state index contributed by atoms with van der Waals surface area (Å²) in [6.07, 6.45) is -5.16. The van der Waals surface area contributed by atoms with Crippen LogP contribution in [0.25, 0.3) is 0 Å². The minimum Gasteiger partial charge on any atom is -0.292 e. The molecule has 0 aliphatic rings. The van der Waals surface area contributed by atoms with Crippen LogP contribution in [-0.4, -0.2) is 18.1 Å². The van der Waals surface area contributed by atoms with Crippen LogP contribution in [0.5, 0.6) is 0 Å². The smallest absolute Gasteiger partial charge is 0.292 e. The number of Topliss-reactive ketones (excluding diaryl/α,β-unsaturated/α-hetero) is 1. The van der Waals surface area contributed by atoms with Crippen molar-refractivity contribution in [2.24, 2.45) is 0 Å². The summed E-state index contributed by atoms with van der Waals surface area (Å²) >= 11 is 2.93. The Labute approximate surface area is 102 Å². The Morgan fingerprint density at radius 2 is 1.94 bits per heavy atom. The van der Waals surface area contributed by atoms with Crippen molar-refractivity contribution in [3.63, 3.8) is 0 Å². The Morgan fingerprint density at radius 3 is 2.41 bits per heavy atom. The van der Waals surface area contributed by atoms with Crippen molar-refractivity contribution in [3.8, 4) is 0 Å². The summed E-state index contributed by atoms with van der Waals surface area (Å²) in [6.45, 7) is 0. The van der Waals surface area contributed by atoms with Crippen LogP contribution in [0.4, 0.5) is 22.0 Å². The van der Waals surface area contributed by atoms with Crippen LogP contribution in [0.2, 0.25) is 0 Å². The molecule has 0 aliphatic heterocycles. The molecular weight excluding hydrogens is 311 g/mol. The molecule has 0 saturated carbocycles. The van der Waals surface area contributed by atoms with Gasteiger partial charge in [0.15, 0.2) is 0 Å². The highest BCUT2D eigenvalue weighted by Gasteiger charge is 2.48. The van der Waals surface area contributed by atoms with Crippen molar-refractivity contribution in [1.82, 2.24) is 0 Å². The zero-order chi connectivity index (χ0) is 13.2. The third-order valence-electron chi connectivity index (χ3n) is 2.01. The summed E-state index contributed by atoms with van der Waals surface area (Å²) in [7, 11) is 0. The Kier molecular flexibility index (Phi) is 4.24. The van der Waals surface area contributed by atoms with E-state index in [0.717, 1.165) is 12.1 Å². The average molecular weight is 317 g/mol. The van der Waals surface area contributed by atoms with Gasteiger partial charge in [-0.25, -0.2) is 13.2 Å². The van der Waals surface area contributed by atoms with Gasteiger partial charge in [-0.05, 0) is 17.7 Å². The summed E-state index contributed by atoms with van der Waals surface area (Å²) in [6, 6.07) is 3.37. The quantitative estimate of drug-likeness (QED) is 0.776. The van der Waals surface area contributed by atoms with Crippen molar-refractivity contribution in [2.45, 2.75) is 18.8 Å². The number of halogens is 6. The zero-order valence-electron chi connectivity index (χ0n) is 8.19. The maximum Gasteiger partial charge on any atom is 0.364 e. The van der Waals surface area contributed by atoms with Crippen LogP contribution in [-0.2, 0) is 11.2 Å². The zero-order valence-corrected chi connectivity index (χ0v) is 9.78. The number of rotatable bonds is 4. The summed E-state index contributed by atoms with van der Waals surface area (Å²) in [5, 5.41) is 0. The molecule has 0 aromatic heterocycles. The van der Waals surface area contributed by atoms with Crippen molar-refractivity contribution in [1.29, 1.82) is 0 Å². The van der Waals surface area contributed by atoms with Crippen molar-refractivity contribution in [2.75, 3.05) is 0 Å². The lowest BCUT2D eigenvalue weighted by atomic mass is 10.0. The molecule has 7 heteroatoms. The van der Waals surface area contributed by atoms with Gasteiger partial charge in [0.05, 0.1) is 0 Å². The van der Waals surface area contributed by atoms with Crippen LogP contribution in [0.1, 0.15) is 5.56 Å². The SMILES string of the molecule is O=C(Cc1ccc(Br)cc1F)C(F)(F)C(F)F. The first kappa shape index (κ1) is 14.1. The molecule has 94 valence electrons. The number of hydrogen-bond donors (Lipinski definition) is 0. The normalized spacial score (nSPS) is 11.9. The fourth-order valence-electron chi connectivity index (χ4n) is 1.08. The van der Waals surface area contributed by atoms with Gasteiger partial charge >= 0.3 is 12.3 Å². The Bertz CT molecular complexity index is 433. The van der Waals surface area contributed by atoms with Crippen LogP contribution < -0.4 is 0 Å². The van der Waals surface area contributed by atoms with Crippen molar-refractivity contribution < 1.29 is 26.7 Å². The van der Waals surface area contributed by atoms with Gasteiger partial charge in [0.1, 0.15) is 5.82 Å². The van der Waals surface area contributed by atoms with E-state index in [9.17, 15) is 26.7 Å². The van der Waals surface area contributed by atoms with E-state index in [2.05, 4.69) is 15.9 Å². The third kappa shape index (κ3) is 3.24. The van der Waals surface area contributed by atoms with Gasteiger partial charge in [-0.2, -0.15) is 8.78 Å². The lowest BCUT2D eigenvalue weighted by Crippen LogP contribution is -2.37. The van der Waals surface area contributed by atoms with Gasteiger partial charge < -0.3 is 0 Å². The number of benzene rings is 1. The second-order valence-electron chi connectivity index (χ2n) is 3.26. The Morgan fingerprint density at radius 1 is 1.35 bits per heavy atom. The Balaban J connectivity index is 2.89. The number of carbonyl (C=O) groups excluding carboxylic acids is 1. The molecule has 0 bridgehead atoms. The molecule has 1 aromatic rings. The molecule has 0 radical (unpaired) electrons. The molecule has 0 amide bonds. The summed E-state index contributed by atoms with van der Waals surface area (Å²) in [5.74, 6) is -7.66. The van der Waals surface area contributed by atoms with Crippen LogP contribution >= 0.6 is 15.9 Å². The topological polar surface area (TPSA) is 17.1 Å². The maximum absolute atomic E-state index is 13.2. The Hall–Kier alpha value is -0.980. The van der Waals surface area contributed by atoms with E-state index in [1.54, 1.807) is 0 Å². The first-order chi connectivity index (χ1) is 7.75. The fourth-order valence-corrected chi connectivity index (χ4v) is 1.41. The molecule has 0 N–H and O–H groups in total. The molecule has 0 spiro atoms. The molecule has 17 heavy (non-hydrogen) atoms. The van der Waals surface area contributed by atoms with Gasteiger partial charge in [0, 0.05) is 10.9 Å². The summed E-state index contributed by atoms with van der Waals surface area (Å²) < 4.78 is 62.5. The van der Waals surface area contributed by atoms with Gasteiger partial charge in [-0.3, -0.25) is 4.79 Å². The third-order valence-corrected chi connectivity index (χ3v) is 2.51. The first-order valence-electron chi connectivity index (χ1n) is 4.38. The highest BCUT2D eigenvalue weighted by atomic mass is 79.9. The molecule has 1 rings (SSSR count). The van der Waals surface area contributed by atoms with E-state index in [1.807, 2.05) is 0 Å². The van der Waals surface area contributed by atoms with E-state index in [-0.39, 0.29) is 5.56 Å². The number of alkyl halides is 4. The van der Waals surface area contributed by atoms with E-state index in [1.165, 1.54) is 6.07 Å². The monoisotopic (exact) mass is 316 g/mol. The lowest BCUT2D eigenvalue weighted by molar-refractivity contribution is -0.166. The van der Waals surface area contributed by atoms with Crippen LogP contribution in [0, 0.1) is 5.82 Å². The van der Waals surface area contributed by atoms with E-state index in [0.29, 0.717) is 4.47 Å². The summed E-state index contributed by atoms with van der Waals surface area (Å²) in [4.78, 5) is 10.9. The van der Waals surface area contributed by atoms with E-state index >= 15 is 0 Å². The minimum absolute atomic E-state index is 0.349. The number of ketones is 1. The predicted octanol–water partition coefficient (Wildman–Crippen LogP) is 3.60. The average Bonchev–Trinajstić information content (AvgIpc) is 2.21. The highest BCUT2D eigenvalue weighted by Crippen LogP contribution is 2.26. The number of carbonyl (C=O) groups is 1. The lowest BCUT2D eigenvalue weighted by Gasteiger charge is -2.13. The second kappa shape index (κ2) is 5.12. The molecule has 1 nitrogen and oxygen atoms in total. The predicted molar refractivity (Wildman–Crippen MR) is 53.8 cm³/mol. The molecule has 0 saturated heterocycles. The molecule has 0 atom stereocenters. The molecule has 0 aliphatic carbocycles. The second-order valence-corrected chi connectivity index (χ2v) is 4.18. The maximum atomic E-state index is 13.2. The van der Waals surface area contributed by atoms with E-state index in [4.69, 9.17) is 0 Å². The molecule has 0 heterocycles. The van der Waals surface area contributed by atoms with Crippen molar-refractivity contribution in [3.05, 3.63) is 34.1 Å². The molecule has 0 fully saturated rings. The fraction of sp³-hybridized carbons (Fsp3) is 0.300. The van der Waals surface area contributed by atoms with Gasteiger partial charge in [0.25, 0.3) is 0 Å². The van der Waals surface area contributed by atoms with Gasteiger partial charge in [0.2, 0.25) is 5.78 Å². The highest BCUT2D eigenvalue weighted by molar-refractivity contribution is 9.10. The van der Waals surface area contributed by atoms with Gasteiger partial charge in [-0.1, -0.05) is 22.0 Å². The largest absolute Gasteiger partial charge is 0.364 e. The summed E-state index contributed by atoms with van der Waals surface area (Å²) in [5.41, 5.74) is -0.349. The molecule has 1 aromatic carbocycles. The minimum atomic E-state index is -4.75. The van der Waals surface area contributed by atoms with Crippen LogP contribution in [0.3, 0.4) is 0 Å². The van der Waals surface area contributed by atoms with Crippen molar-refractivity contribution >= 4 is 21.7 Å². The standard InChI is InChI=1S/C10H6BrF5O/c11-6-2-1-5(7(12)4-6)3-8(17)10(15,16)9(13)14/h1-2,4,9H,3H2. The number of hydrogen-bond acceptors (Lipinski definition) is 1. The van der Waals surface area contributed by atoms with Gasteiger partial charge in [-0.15, -0.1) is 0 Å². The van der Waals surface area contributed by atoms with E-state index < -0.39 is 30.4 Å². The molecular formula is C10H6BrF5O. The van der Waals surface area contributed by atoms with Crippen LogP contribution in [0.15, 0.2) is 22.7 Å².